The number of amides is 1. The summed E-state index contributed by atoms with van der Waals surface area (Å²) < 4.78 is 9.84. The van der Waals surface area contributed by atoms with Crippen molar-refractivity contribution in [1.29, 1.82) is 0 Å². The topological polar surface area (TPSA) is 80.2 Å². The Hall–Kier alpha value is -2.24. The zero-order chi connectivity index (χ0) is 13.4. The fraction of sp³-hybridized carbons (Fsp3) is 0.333. The number of nitrogens with zero attached hydrogens (tertiary/aromatic N) is 1. The van der Waals surface area contributed by atoms with E-state index in [2.05, 4.69) is 15.3 Å². The minimum absolute atomic E-state index is 0.0197. The molecule has 6 nitrogen and oxygen atoms in total. The van der Waals surface area contributed by atoms with Crippen LogP contribution in [0.3, 0.4) is 0 Å². The van der Waals surface area contributed by atoms with Crippen LogP contribution in [0.1, 0.15) is 19.4 Å². The number of hydrazone groups is 1. The highest BCUT2D eigenvalue weighted by Gasteiger charge is 2.05. The summed E-state index contributed by atoms with van der Waals surface area (Å²) in [7, 11) is 0. The number of ether oxygens (including phenoxy) is 2. The largest absolute Gasteiger partial charge is 0.504 e. The molecule has 0 radical (unpaired) electrons. The van der Waals surface area contributed by atoms with Gasteiger partial charge in [-0.2, -0.15) is 5.10 Å². The van der Waals surface area contributed by atoms with E-state index < -0.39 is 6.09 Å². The molecule has 1 aromatic rings. The van der Waals surface area contributed by atoms with Crippen LogP contribution in [-0.2, 0) is 4.74 Å². The van der Waals surface area contributed by atoms with E-state index in [-0.39, 0.29) is 12.4 Å². The smallest absolute Gasteiger partial charge is 0.427 e. The SMILES string of the molecule is CCOC(=O)NN=Cc1cccc(OCC)c1O. The first kappa shape index (κ1) is 13.8. The molecule has 0 spiro atoms. The van der Waals surface area contributed by atoms with Crippen LogP contribution in [0, 0.1) is 0 Å². The van der Waals surface area contributed by atoms with Crippen molar-refractivity contribution in [3.8, 4) is 11.5 Å². The number of hydrogen-bond donors (Lipinski definition) is 2. The van der Waals surface area contributed by atoms with Gasteiger partial charge in [-0.1, -0.05) is 6.07 Å². The number of rotatable bonds is 5. The fourth-order valence-electron chi connectivity index (χ4n) is 1.23. The Morgan fingerprint density at radius 3 is 2.89 bits per heavy atom. The lowest BCUT2D eigenvalue weighted by atomic mass is 10.2. The van der Waals surface area contributed by atoms with Crippen molar-refractivity contribution in [3.63, 3.8) is 0 Å². The van der Waals surface area contributed by atoms with Gasteiger partial charge in [0.2, 0.25) is 0 Å². The summed E-state index contributed by atoms with van der Waals surface area (Å²) in [6, 6.07) is 5.01. The number of benzene rings is 1. The Bertz CT molecular complexity index is 432. The van der Waals surface area contributed by atoms with Crippen LogP contribution in [0.5, 0.6) is 11.5 Å². The molecular weight excluding hydrogens is 236 g/mol. The van der Waals surface area contributed by atoms with E-state index in [0.717, 1.165) is 0 Å². The molecule has 0 aromatic heterocycles. The highest BCUT2D eigenvalue weighted by molar-refractivity contribution is 5.85. The number of para-hydroxylation sites is 1. The third kappa shape index (κ3) is 3.97. The van der Waals surface area contributed by atoms with Crippen molar-refractivity contribution in [2.45, 2.75) is 13.8 Å². The van der Waals surface area contributed by atoms with Gasteiger partial charge in [-0.15, -0.1) is 0 Å². The van der Waals surface area contributed by atoms with Gasteiger partial charge in [-0.05, 0) is 26.0 Å². The molecule has 1 rings (SSSR count). The number of aromatic hydroxyl groups is 1. The highest BCUT2D eigenvalue weighted by Crippen LogP contribution is 2.28. The van der Waals surface area contributed by atoms with Gasteiger partial charge in [0.05, 0.1) is 19.4 Å². The summed E-state index contributed by atoms with van der Waals surface area (Å²) in [4.78, 5) is 11.0. The Labute approximate surface area is 105 Å². The standard InChI is InChI=1S/C12H16N2O4/c1-3-17-10-7-5-6-9(11(10)15)8-13-14-12(16)18-4-2/h5-8,15H,3-4H2,1-2H3,(H,14,16). The number of carbonyl (C=O) groups is 1. The Kier molecular flexibility index (Phi) is 5.50. The lowest BCUT2D eigenvalue weighted by molar-refractivity contribution is 0.152. The van der Waals surface area contributed by atoms with Gasteiger partial charge in [0.1, 0.15) is 0 Å². The second-order valence-corrected chi connectivity index (χ2v) is 3.22. The third-order valence-electron chi connectivity index (χ3n) is 1.96. The Morgan fingerprint density at radius 2 is 2.22 bits per heavy atom. The molecule has 0 saturated heterocycles. The van der Waals surface area contributed by atoms with Crippen molar-refractivity contribution in [3.05, 3.63) is 23.8 Å². The van der Waals surface area contributed by atoms with E-state index >= 15 is 0 Å². The van der Waals surface area contributed by atoms with Crippen molar-refractivity contribution in [1.82, 2.24) is 5.43 Å². The quantitative estimate of drug-likeness (QED) is 0.619. The summed E-state index contributed by atoms with van der Waals surface area (Å²) in [6.45, 7) is 4.24. The van der Waals surface area contributed by atoms with Gasteiger partial charge in [0.15, 0.2) is 11.5 Å². The Morgan fingerprint density at radius 1 is 1.44 bits per heavy atom. The summed E-state index contributed by atoms with van der Waals surface area (Å²) in [5.41, 5.74) is 2.61. The first-order valence-electron chi connectivity index (χ1n) is 5.59. The minimum atomic E-state index is -0.644. The molecule has 0 fully saturated rings. The van der Waals surface area contributed by atoms with E-state index in [9.17, 15) is 9.90 Å². The second-order valence-electron chi connectivity index (χ2n) is 3.22. The van der Waals surface area contributed by atoms with E-state index in [1.54, 1.807) is 25.1 Å². The maximum Gasteiger partial charge on any atom is 0.427 e. The molecule has 0 aliphatic heterocycles. The van der Waals surface area contributed by atoms with Crippen molar-refractivity contribution < 1.29 is 19.4 Å². The molecule has 1 amide bonds. The molecule has 0 heterocycles. The maximum absolute atomic E-state index is 11.0. The number of nitrogens with one attached hydrogen (secondary N) is 1. The van der Waals surface area contributed by atoms with Crippen LogP contribution < -0.4 is 10.2 Å². The second kappa shape index (κ2) is 7.16. The van der Waals surface area contributed by atoms with E-state index in [0.29, 0.717) is 17.9 Å². The molecule has 0 unspecified atom stereocenters. The highest BCUT2D eigenvalue weighted by atomic mass is 16.5. The van der Waals surface area contributed by atoms with Crippen LogP contribution in [0.2, 0.25) is 0 Å². The van der Waals surface area contributed by atoms with Crippen LogP contribution >= 0.6 is 0 Å². The summed E-state index contributed by atoms with van der Waals surface area (Å²) in [6.07, 6.45) is 0.670. The van der Waals surface area contributed by atoms with Gasteiger partial charge in [-0.25, -0.2) is 10.2 Å². The predicted octanol–water partition coefficient (Wildman–Crippen LogP) is 1.87. The summed E-state index contributed by atoms with van der Waals surface area (Å²) in [5, 5.41) is 13.5. The van der Waals surface area contributed by atoms with Gasteiger partial charge in [0.25, 0.3) is 0 Å². The van der Waals surface area contributed by atoms with E-state index in [1.165, 1.54) is 6.21 Å². The first-order chi connectivity index (χ1) is 8.69. The van der Waals surface area contributed by atoms with Crippen LogP contribution in [-0.4, -0.2) is 30.6 Å². The average Bonchev–Trinajstić information content (AvgIpc) is 2.34. The molecule has 6 heteroatoms. The van der Waals surface area contributed by atoms with Gasteiger partial charge < -0.3 is 14.6 Å². The lowest BCUT2D eigenvalue weighted by Gasteiger charge is -2.07. The molecular formula is C12H16N2O4. The van der Waals surface area contributed by atoms with Crippen molar-refractivity contribution in [2.75, 3.05) is 13.2 Å². The number of carbonyl (C=O) groups excluding carboxylic acids is 1. The molecule has 0 aliphatic carbocycles. The predicted molar refractivity (Wildman–Crippen MR) is 67.0 cm³/mol. The van der Waals surface area contributed by atoms with E-state index in [4.69, 9.17) is 4.74 Å². The van der Waals surface area contributed by atoms with Crippen LogP contribution in [0.25, 0.3) is 0 Å². The summed E-state index contributed by atoms with van der Waals surface area (Å²) in [5.74, 6) is 0.353. The molecule has 2 N–H and O–H groups in total. The monoisotopic (exact) mass is 252 g/mol. The zero-order valence-corrected chi connectivity index (χ0v) is 10.3. The third-order valence-corrected chi connectivity index (χ3v) is 1.96. The molecule has 18 heavy (non-hydrogen) atoms. The maximum atomic E-state index is 11.0. The average molecular weight is 252 g/mol. The Balaban J connectivity index is 2.69. The molecule has 0 bridgehead atoms. The molecule has 0 saturated carbocycles. The number of hydrogen-bond acceptors (Lipinski definition) is 5. The summed E-state index contributed by atoms with van der Waals surface area (Å²) >= 11 is 0. The fourth-order valence-corrected chi connectivity index (χ4v) is 1.23. The van der Waals surface area contributed by atoms with Gasteiger partial charge in [-0.3, -0.25) is 0 Å². The van der Waals surface area contributed by atoms with Gasteiger partial charge in [0, 0.05) is 5.56 Å². The molecule has 1 aromatic carbocycles. The first-order valence-corrected chi connectivity index (χ1v) is 5.59. The van der Waals surface area contributed by atoms with Crippen LogP contribution in [0.4, 0.5) is 4.79 Å². The van der Waals surface area contributed by atoms with Crippen molar-refractivity contribution in [2.24, 2.45) is 5.10 Å². The van der Waals surface area contributed by atoms with Gasteiger partial charge >= 0.3 is 6.09 Å². The zero-order valence-electron chi connectivity index (χ0n) is 10.3. The molecule has 0 aliphatic rings. The number of phenolic OH excluding ortho intramolecular Hbond substituents is 1. The normalized spacial score (nSPS) is 10.3. The number of phenols is 1. The van der Waals surface area contributed by atoms with Crippen LogP contribution in [0.15, 0.2) is 23.3 Å². The van der Waals surface area contributed by atoms with E-state index in [1.807, 2.05) is 6.92 Å². The minimum Gasteiger partial charge on any atom is -0.504 e. The molecule has 0 atom stereocenters. The lowest BCUT2D eigenvalue weighted by Crippen LogP contribution is -2.18. The van der Waals surface area contributed by atoms with Crippen molar-refractivity contribution >= 4 is 12.3 Å². The molecule has 98 valence electrons.